The first-order valence-corrected chi connectivity index (χ1v) is 14.3. The van der Waals surface area contributed by atoms with Gasteiger partial charge >= 0.3 is 0 Å². The molecule has 3 aromatic rings. The Morgan fingerprint density at radius 2 is 1.74 bits per heavy atom. The van der Waals surface area contributed by atoms with Crippen molar-refractivity contribution in [3.8, 4) is 5.75 Å². The molecule has 0 radical (unpaired) electrons. The van der Waals surface area contributed by atoms with Crippen molar-refractivity contribution in [2.75, 3.05) is 18.5 Å². The molecule has 2 aliphatic heterocycles. The third-order valence-electron chi connectivity index (χ3n) is 7.41. The number of nitrogens with one attached hydrogen (secondary N) is 2. The molecule has 2 aliphatic rings. The fraction of sp³-hybridized carbons (Fsp3) is 0.310. The number of amides is 2. The first-order valence-electron chi connectivity index (χ1n) is 12.3. The summed E-state index contributed by atoms with van der Waals surface area (Å²) in [5, 5.41) is 17.2. The summed E-state index contributed by atoms with van der Waals surface area (Å²) in [5.74, 6) is -0.723. The maximum atomic E-state index is 14.3. The molecule has 204 valence electrons. The molecule has 3 N–H and O–H groups in total. The number of hydrogen-bond donors (Lipinski definition) is 3. The Morgan fingerprint density at radius 3 is 2.49 bits per heavy atom. The summed E-state index contributed by atoms with van der Waals surface area (Å²) in [4.78, 5) is 27.7. The summed E-state index contributed by atoms with van der Waals surface area (Å²) in [6.45, 7) is 3.91. The van der Waals surface area contributed by atoms with Crippen molar-refractivity contribution in [1.29, 1.82) is 0 Å². The normalized spacial score (nSPS) is 22.4. The zero-order valence-corrected chi connectivity index (χ0v) is 25.0. The number of carbonyl (C=O) groups excluding carboxylic acids is 2. The monoisotopic (exact) mass is 650 g/mol. The van der Waals surface area contributed by atoms with Crippen LogP contribution in [0.2, 0.25) is 15.1 Å². The third-order valence-corrected chi connectivity index (χ3v) is 8.72. The lowest BCUT2D eigenvalue weighted by Crippen LogP contribution is -2.57. The summed E-state index contributed by atoms with van der Waals surface area (Å²) < 4.78 is 6.98. The summed E-state index contributed by atoms with van der Waals surface area (Å²) in [7, 11) is 0. The van der Waals surface area contributed by atoms with E-state index in [2.05, 4.69) is 26.6 Å². The molecule has 3 aromatic carbocycles. The number of aliphatic hydroxyl groups is 1. The van der Waals surface area contributed by atoms with Crippen molar-refractivity contribution in [3.63, 3.8) is 0 Å². The number of anilines is 1. The van der Waals surface area contributed by atoms with Gasteiger partial charge in [-0.25, -0.2) is 0 Å². The SMILES string of the molecule is CC(C)(CO)COc1ccc(Br)cc1C1NC(=O)CC(c2cc(Cl)ccc2Cl)C12C(=O)Nc1cc(Cl)ccc12. The number of piperidine rings is 1. The van der Waals surface area contributed by atoms with Crippen LogP contribution in [0.25, 0.3) is 0 Å². The topological polar surface area (TPSA) is 87.7 Å². The van der Waals surface area contributed by atoms with Gasteiger partial charge in [-0.05, 0) is 59.7 Å². The highest BCUT2D eigenvalue weighted by Gasteiger charge is 2.62. The molecular weight excluding hydrogens is 627 g/mol. The second kappa shape index (κ2) is 10.6. The summed E-state index contributed by atoms with van der Waals surface area (Å²) >= 11 is 23.0. The van der Waals surface area contributed by atoms with Crippen molar-refractivity contribution in [1.82, 2.24) is 5.32 Å². The minimum Gasteiger partial charge on any atom is -0.493 e. The number of carbonyl (C=O) groups is 2. The minimum atomic E-state index is -1.31. The second-order valence-corrected chi connectivity index (χ2v) is 12.9. The Hall–Kier alpha value is -2.29. The van der Waals surface area contributed by atoms with E-state index in [9.17, 15) is 14.7 Å². The molecule has 1 spiro atoms. The van der Waals surface area contributed by atoms with Crippen molar-refractivity contribution in [3.05, 3.63) is 90.8 Å². The van der Waals surface area contributed by atoms with Crippen LogP contribution in [0.1, 0.15) is 48.9 Å². The van der Waals surface area contributed by atoms with E-state index < -0.39 is 22.8 Å². The maximum absolute atomic E-state index is 14.3. The standard InChI is InChI=1S/C29H26BrCl3N2O4/c1-28(2,13-36)14-39-24-8-3-15(30)9-19(24)26-29(20-6-4-17(32)11-23(20)34-27(29)38)21(12-25(37)35-26)18-10-16(31)5-7-22(18)33/h3-11,21,26,36H,12-14H2,1-2H3,(H,34,38)(H,35,37). The average molecular weight is 653 g/mol. The van der Waals surface area contributed by atoms with E-state index in [1.807, 2.05) is 32.0 Å². The van der Waals surface area contributed by atoms with Crippen molar-refractivity contribution < 1.29 is 19.4 Å². The van der Waals surface area contributed by atoms with E-state index in [-0.39, 0.29) is 31.4 Å². The Labute approximate surface area is 250 Å². The Balaban J connectivity index is 1.78. The molecular formula is C29H26BrCl3N2O4. The van der Waals surface area contributed by atoms with E-state index in [1.165, 1.54) is 0 Å². The first-order chi connectivity index (χ1) is 18.5. The Morgan fingerprint density at radius 1 is 1.03 bits per heavy atom. The molecule has 3 atom stereocenters. The molecule has 1 saturated heterocycles. The predicted molar refractivity (Wildman–Crippen MR) is 157 cm³/mol. The summed E-state index contributed by atoms with van der Waals surface area (Å²) in [6.07, 6.45) is 0.00772. The van der Waals surface area contributed by atoms with Crippen LogP contribution in [0.5, 0.6) is 5.75 Å². The van der Waals surface area contributed by atoms with Gasteiger partial charge in [-0.2, -0.15) is 0 Å². The van der Waals surface area contributed by atoms with Gasteiger partial charge in [-0.1, -0.05) is 70.6 Å². The van der Waals surface area contributed by atoms with Crippen molar-refractivity contribution >= 4 is 68.2 Å². The van der Waals surface area contributed by atoms with Crippen LogP contribution in [0, 0.1) is 5.41 Å². The lowest BCUT2D eigenvalue weighted by Gasteiger charge is -2.47. The molecule has 6 nitrogen and oxygen atoms in total. The van der Waals surface area contributed by atoms with E-state index in [1.54, 1.807) is 36.4 Å². The first kappa shape index (κ1) is 28.2. The van der Waals surface area contributed by atoms with Crippen LogP contribution in [-0.4, -0.2) is 30.1 Å². The van der Waals surface area contributed by atoms with E-state index in [0.717, 1.165) is 4.47 Å². The molecule has 2 heterocycles. The zero-order chi connectivity index (χ0) is 28.1. The van der Waals surface area contributed by atoms with Gasteiger partial charge < -0.3 is 20.5 Å². The van der Waals surface area contributed by atoms with E-state index >= 15 is 0 Å². The lowest BCUT2D eigenvalue weighted by molar-refractivity contribution is -0.131. The van der Waals surface area contributed by atoms with E-state index in [0.29, 0.717) is 43.2 Å². The summed E-state index contributed by atoms with van der Waals surface area (Å²) in [6, 6.07) is 14.9. The number of halogens is 4. The molecule has 0 bridgehead atoms. The third kappa shape index (κ3) is 5.04. The molecule has 10 heteroatoms. The van der Waals surface area contributed by atoms with Gasteiger partial charge in [0.2, 0.25) is 11.8 Å². The van der Waals surface area contributed by atoms with Crippen LogP contribution in [0.4, 0.5) is 5.69 Å². The molecule has 1 fully saturated rings. The number of hydrogen-bond acceptors (Lipinski definition) is 4. The number of rotatable bonds is 6. The van der Waals surface area contributed by atoms with Gasteiger partial charge in [0.25, 0.3) is 0 Å². The number of benzene rings is 3. The fourth-order valence-corrected chi connectivity index (χ4v) is 6.48. The van der Waals surface area contributed by atoms with Gasteiger partial charge in [-0.15, -0.1) is 0 Å². The molecule has 2 amide bonds. The van der Waals surface area contributed by atoms with Crippen LogP contribution in [0.15, 0.2) is 59.1 Å². The number of aliphatic hydroxyl groups excluding tert-OH is 1. The lowest BCUT2D eigenvalue weighted by atomic mass is 9.59. The highest BCUT2D eigenvalue weighted by molar-refractivity contribution is 9.10. The van der Waals surface area contributed by atoms with Gasteiger partial charge in [-0.3, -0.25) is 9.59 Å². The van der Waals surface area contributed by atoms with Gasteiger partial charge in [0, 0.05) is 48.5 Å². The summed E-state index contributed by atoms with van der Waals surface area (Å²) in [5.41, 5.74) is 0.629. The van der Waals surface area contributed by atoms with E-state index in [4.69, 9.17) is 39.5 Å². The number of fused-ring (bicyclic) bond motifs is 2. The van der Waals surface area contributed by atoms with Crippen molar-refractivity contribution in [2.24, 2.45) is 5.41 Å². The fourth-order valence-electron chi connectivity index (χ4n) is 5.50. The molecule has 0 saturated carbocycles. The number of ether oxygens (including phenoxy) is 1. The Bertz CT molecular complexity index is 1480. The zero-order valence-electron chi connectivity index (χ0n) is 21.2. The van der Waals surface area contributed by atoms with Crippen LogP contribution < -0.4 is 15.4 Å². The van der Waals surface area contributed by atoms with Crippen LogP contribution in [0.3, 0.4) is 0 Å². The Kier molecular flexibility index (Phi) is 7.68. The maximum Gasteiger partial charge on any atom is 0.238 e. The molecule has 0 aromatic heterocycles. The second-order valence-electron chi connectivity index (χ2n) is 10.7. The van der Waals surface area contributed by atoms with Crippen molar-refractivity contribution in [2.45, 2.75) is 37.6 Å². The smallest absolute Gasteiger partial charge is 0.238 e. The van der Waals surface area contributed by atoms with Gasteiger partial charge in [0.15, 0.2) is 0 Å². The highest BCUT2D eigenvalue weighted by Crippen LogP contribution is 2.59. The minimum absolute atomic E-state index is 0.00772. The highest BCUT2D eigenvalue weighted by atomic mass is 79.9. The molecule has 0 aliphatic carbocycles. The predicted octanol–water partition coefficient (Wildman–Crippen LogP) is 7.04. The molecule has 5 rings (SSSR count). The molecule has 39 heavy (non-hydrogen) atoms. The van der Waals surface area contributed by atoms with Crippen LogP contribution in [-0.2, 0) is 15.0 Å². The molecule has 3 unspecified atom stereocenters. The largest absolute Gasteiger partial charge is 0.493 e. The van der Waals surface area contributed by atoms with Gasteiger partial charge in [0.05, 0.1) is 19.3 Å². The van der Waals surface area contributed by atoms with Gasteiger partial charge in [0.1, 0.15) is 11.2 Å². The average Bonchev–Trinajstić information content (AvgIpc) is 3.17. The van der Waals surface area contributed by atoms with Crippen LogP contribution >= 0.6 is 50.7 Å². The quantitative estimate of drug-likeness (QED) is 0.267.